The highest BCUT2D eigenvalue weighted by molar-refractivity contribution is 5.76. The van der Waals surface area contributed by atoms with Crippen molar-refractivity contribution in [2.75, 3.05) is 6.54 Å². The van der Waals surface area contributed by atoms with Crippen LogP contribution < -0.4 is 5.32 Å². The van der Waals surface area contributed by atoms with Gasteiger partial charge in [0.2, 0.25) is 5.91 Å². The molecule has 30 heavy (non-hydrogen) atoms. The van der Waals surface area contributed by atoms with Crippen molar-refractivity contribution in [2.24, 2.45) is 13.0 Å². The quantitative estimate of drug-likeness (QED) is 0.692. The van der Waals surface area contributed by atoms with Crippen LogP contribution in [-0.2, 0) is 18.3 Å². The fourth-order valence-electron chi connectivity index (χ4n) is 5.71. The Morgan fingerprint density at radius 2 is 1.63 bits per heavy atom. The van der Waals surface area contributed by atoms with Crippen LogP contribution in [0.25, 0.3) is 0 Å². The zero-order chi connectivity index (χ0) is 20.8. The number of hydrogen-bond donors (Lipinski definition) is 1. The highest BCUT2D eigenvalue weighted by Crippen LogP contribution is 2.55. The van der Waals surface area contributed by atoms with Gasteiger partial charge in [0.05, 0.1) is 5.69 Å². The van der Waals surface area contributed by atoms with E-state index < -0.39 is 0 Å². The summed E-state index contributed by atoms with van der Waals surface area (Å²) in [4.78, 5) is 12.6. The first-order valence-corrected chi connectivity index (χ1v) is 11.0. The molecule has 1 amide bonds. The molecule has 0 saturated heterocycles. The number of nitrogens with zero attached hydrogens (tertiary/aromatic N) is 2. The molecule has 3 aromatic rings. The number of rotatable bonds is 5. The second-order valence-corrected chi connectivity index (χ2v) is 8.86. The number of carbonyl (C=O) groups excluding carboxylic acids is 1. The summed E-state index contributed by atoms with van der Waals surface area (Å²) in [6.45, 7) is 4.84. The van der Waals surface area contributed by atoms with E-state index >= 15 is 0 Å². The minimum Gasteiger partial charge on any atom is -0.356 e. The maximum atomic E-state index is 12.6. The van der Waals surface area contributed by atoms with Gasteiger partial charge in [-0.25, -0.2) is 0 Å². The lowest BCUT2D eigenvalue weighted by atomic mass is 9.59. The van der Waals surface area contributed by atoms with Gasteiger partial charge in [-0.3, -0.25) is 9.48 Å². The van der Waals surface area contributed by atoms with Gasteiger partial charge in [0.25, 0.3) is 0 Å². The number of nitrogens with one attached hydrogen (secondary N) is 1. The van der Waals surface area contributed by atoms with Gasteiger partial charge in [0.15, 0.2) is 0 Å². The summed E-state index contributed by atoms with van der Waals surface area (Å²) in [7, 11) is 1.96. The molecule has 1 unspecified atom stereocenters. The Hall–Kier alpha value is -2.88. The van der Waals surface area contributed by atoms with Crippen molar-refractivity contribution in [1.82, 2.24) is 15.1 Å². The molecule has 1 N–H and O–H groups in total. The molecule has 0 aliphatic heterocycles. The van der Waals surface area contributed by atoms with E-state index in [1.807, 2.05) is 18.7 Å². The molecule has 3 aliphatic carbocycles. The number of benzene rings is 2. The number of aromatic nitrogens is 2. The Labute approximate surface area is 178 Å². The highest BCUT2D eigenvalue weighted by atomic mass is 16.1. The lowest BCUT2D eigenvalue weighted by molar-refractivity contribution is -0.121. The summed E-state index contributed by atoms with van der Waals surface area (Å²) >= 11 is 0. The van der Waals surface area contributed by atoms with Crippen molar-refractivity contribution < 1.29 is 4.79 Å². The zero-order valence-electron chi connectivity index (χ0n) is 18.0. The predicted octanol–water partition coefficient (Wildman–Crippen LogP) is 4.38. The third kappa shape index (κ3) is 3.06. The van der Waals surface area contributed by atoms with Crippen molar-refractivity contribution in [3.05, 3.63) is 87.7 Å². The van der Waals surface area contributed by atoms with Crippen LogP contribution in [0.5, 0.6) is 0 Å². The van der Waals surface area contributed by atoms with Crippen LogP contribution in [0.4, 0.5) is 0 Å². The molecule has 1 heterocycles. The van der Waals surface area contributed by atoms with E-state index in [1.165, 1.54) is 27.8 Å². The molecular formula is C26H29N3O. The van der Waals surface area contributed by atoms with Gasteiger partial charge < -0.3 is 5.32 Å². The topological polar surface area (TPSA) is 46.9 Å². The lowest BCUT2D eigenvalue weighted by Gasteiger charge is -2.45. The molecule has 3 aliphatic rings. The van der Waals surface area contributed by atoms with Crippen molar-refractivity contribution in [2.45, 2.75) is 44.9 Å². The van der Waals surface area contributed by atoms with Crippen LogP contribution in [0.3, 0.4) is 0 Å². The molecule has 0 radical (unpaired) electrons. The molecular weight excluding hydrogens is 370 g/mol. The lowest BCUT2D eigenvalue weighted by Crippen LogP contribution is -2.39. The number of fused-ring (bicyclic) bond motifs is 1. The van der Waals surface area contributed by atoms with E-state index in [0.29, 0.717) is 24.2 Å². The van der Waals surface area contributed by atoms with Gasteiger partial charge in [-0.1, -0.05) is 48.5 Å². The van der Waals surface area contributed by atoms with Crippen LogP contribution in [0, 0.1) is 19.8 Å². The molecule has 0 spiro atoms. The van der Waals surface area contributed by atoms with Crippen LogP contribution in [-0.4, -0.2) is 22.2 Å². The van der Waals surface area contributed by atoms with E-state index in [-0.39, 0.29) is 5.91 Å². The summed E-state index contributed by atoms with van der Waals surface area (Å²) in [6.07, 6.45) is 2.38. The standard InChI is InChI=1S/C26H29N3O/c1-16-19(17(2)29(3)28-16)12-13-25(30)27-15-18-14-24-20-8-4-6-10-22(20)26(18)23-11-7-5-9-21(23)24/h4-11,18,24,26H,12-15H2,1-3H3,(H,27,30). The average Bonchev–Trinajstić information content (AvgIpc) is 3.01. The first-order chi connectivity index (χ1) is 14.5. The largest absolute Gasteiger partial charge is 0.356 e. The van der Waals surface area contributed by atoms with Gasteiger partial charge in [-0.05, 0) is 60.4 Å². The van der Waals surface area contributed by atoms with Crippen molar-refractivity contribution >= 4 is 5.91 Å². The number of carbonyl (C=O) groups is 1. The molecule has 0 saturated carbocycles. The van der Waals surface area contributed by atoms with E-state index in [9.17, 15) is 4.79 Å². The summed E-state index contributed by atoms with van der Waals surface area (Å²) in [6, 6.07) is 17.7. The second kappa shape index (κ2) is 7.42. The Bertz CT molecular complexity index is 1070. The van der Waals surface area contributed by atoms with E-state index in [2.05, 4.69) is 65.9 Å². The highest BCUT2D eigenvalue weighted by Gasteiger charge is 2.42. The summed E-state index contributed by atoms with van der Waals surface area (Å²) in [5.74, 6) is 1.42. The molecule has 6 rings (SSSR count). The molecule has 0 fully saturated rings. The summed E-state index contributed by atoms with van der Waals surface area (Å²) < 4.78 is 1.90. The minimum absolute atomic E-state index is 0.140. The third-order valence-electron chi connectivity index (χ3n) is 7.25. The van der Waals surface area contributed by atoms with Crippen LogP contribution in [0.1, 0.15) is 63.9 Å². The fraction of sp³-hybridized carbons (Fsp3) is 0.385. The fourth-order valence-corrected chi connectivity index (χ4v) is 5.71. The van der Waals surface area contributed by atoms with Gasteiger partial charge in [-0.2, -0.15) is 5.10 Å². The first-order valence-electron chi connectivity index (χ1n) is 11.0. The number of hydrogen-bond acceptors (Lipinski definition) is 2. The second-order valence-electron chi connectivity index (χ2n) is 8.86. The smallest absolute Gasteiger partial charge is 0.220 e. The van der Waals surface area contributed by atoms with Crippen molar-refractivity contribution in [1.29, 1.82) is 0 Å². The third-order valence-corrected chi connectivity index (χ3v) is 7.25. The molecule has 4 heteroatoms. The first kappa shape index (κ1) is 19.1. The molecule has 154 valence electrons. The molecule has 4 nitrogen and oxygen atoms in total. The maximum absolute atomic E-state index is 12.6. The Kier molecular flexibility index (Phi) is 4.73. The van der Waals surface area contributed by atoms with Gasteiger partial charge >= 0.3 is 0 Å². The summed E-state index contributed by atoms with van der Waals surface area (Å²) in [5.41, 5.74) is 9.24. The van der Waals surface area contributed by atoms with Gasteiger partial charge in [0, 0.05) is 37.5 Å². The number of amides is 1. The van der Waals surface area contributed by atoms with E-state index in [4.69, 9.17) is 0 Å². The maximum Gasteiger partial charge on any atom is 0.220 e. The molecule has 1 atom stereocenters. The van der Waals surface area contributed by atoms with Gasteiger partial charge in [-0.15, -0.1) is 0 Å². The Balaban J connectivity index is 1.29. The summed E-state index contributed by atoms with van der Waals surface area (Å²) in [5, 5.41) is 7.71. The Morgan fingerprint density at radius 1 is 1.03 bits per heavy atom. The van der Waals surface area contributed by atoms with Crippen molar-refractivity contribution in [3.8, 4) is 0 Å². The zero-order valence-corrected chi connectivity index (χ0v) is 18.0. The average molecular weight is 400 g/mol. The Morgan fingerprint density at radius 3 is 2.20 bits per heavy atom. The molecule has 1 aromatic heterocycles. The van der Waals surface area contributed by atoms with Crippen LogP contribution in [0.2, 0.25) is 0 Å². The molecule has 2 aromatic carbocycles. The SMILES string of the molecule is Cc1nn(C)c(C)c1CCC(=O)NCC1CC2c3ccccc3C1c1ccccc12. The van der Waals surface area contributed by atoms with Crippen LogP contribution >= 0.6 is 0 Å². The van der Waals surface area contributed by atoms with Gasteiger partial charge in [0.1, 0.15) is 0 Å². The normalized spacial score (nSPS) is 21.2. The minimum atomic E-state index is 0.140. The van der Waals surface area contributed by atoms with Crippen LogP contribution in [0.15, 0.2) is 48.5 Å². The van der Waals surface area contributed by atoms with Crippen molar-refractivity contribution in [3.63, 3.8) is 0 Å². The molecule has 2 bridgehead atoms. The number of aryl methyl sites for hydroxylation is 2. The predicted molar refractivity (Wildman–Crippen MR) is 119 cm³/mol. The monoisotopic (exact) mass is 399 g/mol. The van der Waals surface area contributed by atoms with E-state index in [1.54, 1.807) is 0 Å². The van der Waals surface area contributed by atoms with E-state index in [0.717, 1.165) is 30.8 Å².